The van der Waals surface area contributed by atoms with Crippen molar-refractivity contribution in [2.24, 2.45) is 5.92 Å². The van der Waals surface area contributed by atoms with Crippen molar-refractivity contribution >= 4 is 0 Å². The first-order chi connectivity index (χ1) is 9.49. The largest absolute Gasteiger partial charge is 0.311 e. The number of piperazine rings is 1. The zero-order valence-corrected chi connectivity index (χ0v) is 13.3. The average molecular weight is 276 g/mol. The van der Waals surface area contributed by atoms with Gasteiger partial charge in [-0.2, -0.15) is 5.10 Å². The van der Waals surface area contributed by atoms with Gasteiger partial charge < -0.3 is 5.32 Å². The van der Waals surface area contributed by atoms with E-state index in [0.717, 1.165) is 25.6 Å². The van der Waals surface area contributed by atoms with Gasteiger partial charge in [-0.25, -0.2) is 0 Å². The molecule has 112 valence electrons. The molecule has 1 saturated heterocycles. The minimum atomic E-state index is 0.314. The van der Waals surface area contributed by atoms with Crippen LogP contribution >= 0.6 is 0 Å². The van der Waals surface area contributed by atoms with Gasteiger partial charge in [0.15, 0.2) is 0 Å². The molecule has 0 bridgehead atoms. The Morgan fingerprint density at radius 1 is 1.45 bits per heavy atom. The fourth-order valence-corrected chi connectivity index (χ4v) is 3.39. The van der Waals surface area contributed by atoms with Gasteiger partial charge in [-0.15, -0.1) is 0 Å². The molecule has 2 aliphatic rings. The molecular weight excluding hydrogens is 248 g/mol. The normalized spacial score (nSPS) is 31.9. The van der Waals surface area contributed by atoms with E-state index in [-0.39, 0.29) is 0 Å². The van der Waals surface area contributed by atoms with Gasteiger partial charge in [-0.3, -0.25) is 9.58 Å². The van der Waals surface area contributed by atoms with Crippen LogP contribution < -0.4 is 5.32 Å². The summed E-state index contributed by atoms with van der Waals surface area (Å²) in [6.07, 6.45) is 4.90. The van der Waals surface area contributed by atoms with Gasteiger partial charge in [-0.05, 0) is 52.5 Å². The second-order valence-electron chi connectivity index (χ2n) is 7.17. The van der Waals surface area contributed by atoms with E-state index in [1.807, 2.05) is 0 Å². The van der Waals surface area contributed by atoms with E-state index >= 15 is 0 Å². The highest BCUT2D eigenvalue weighted by Crippen LogP contribution is 2.44. The Bertz CT molecular complexity index is 463. The third-order valence-corrected chi connectivity index (χ3v) is 5.03. The monoisotopic (exact) mass is 276 g/mol. The molecule has 2 unspecified atom stereocenters. The van der Waals surface area contributed by atoms with Crippen molar-refractivity contribution in [1.29, 1.82) is 0 Å². The van der Waals surface area contributed by atoms with Crippen molar-refractivity contribution in [2.45, 2.75) is 64.7 Å². The lowest BCUT2D eigenvalue weighted by molar-refractivity contribution is 0.0300. The van der Waals surface area contributed by atoms with Crippen molar-refractivity contribution in [3.05, 3.63) is 18.0 Å². The van der Waals surface area contributed by atoms with Crippen molar-refractivity contribution in [2.75, 3.05) is 13.1 Å². The Labute approximate surface area is 122 Å². The second-order valence-corrected chi connectivity index (χ2v) is 7.17. The summed E-state index contributed by atoms with van der Waals surface area (Å²) in [5.74, 6) is 0.870. The fraction of sp³-hybridized carbons (Fsp3) is 0.812. The van der Waals surface area contributed by atoms with Crippen molar-refractivity contribution in [1.82, 2.24) is 20.0 Å². The van der Waals surface area contributed by atoms with Crippen molar-refractivity contribution in [3.63, 3.8) is 0 Å². The van der Waals surface area contributed by atoms with Gasteiger partial charge in [0.1, 0.15) is 0 Å². The number of aromatic nitrogens is 2. The fourth-order valence-electron chi connectivity index (χ4n) is 3.39. The minimum absolute atomic E-state index is 0.314. The van der Waals surface area contributed by atoms with Crippen LogP contribution in [-0.4, -0.2) is 39.4 Å². The highest BCUT2D eigenvalue weighted by Gasteiger charge is 2.47. The lowest BCUT2D eigenvalue weighted by atomic mass is 9.89. The summed E-state index contributed by atoms with van der Waals surface area (Å²) in [4.78, 5) is 2.67. The molecule has 0 amide bonds. The number of hydrogen-bond donors (Lipinski definition) is 1. The van der Waals surface area contributed by atoms with E-state index in [0.29, 0.717) is 17.6 Å². The third kappa shape index (κ3) is 2.63. The smallest absolute Gasteiger partial charge is 0.0765 e. The van der Waals surface area contributed by atoms with Crippen LogP contribution in [0.4, 0.5) is 0 Å². The summed E-state index contributed by atoms with van der Waals surface area (Å²) in [6, 6.07) is 3.20. The molecule has 0 aromatic carbocycles. The predicted molar refractivity (Wildman–Crippen MR) is 81.6 cm³/mol. The highest BCUT2D eigenvalue weighted by molar-refractivity contribution is 5.08. The van der Waals surface area contributed by atoms with Crippen molar-refractivity contribution < 1.29 is 0 Å². The number of nitrogens with zero attached hydrogens (tertiary/aromatic N) is 3. The van der Waals surface area contributed by atoms with Crippen LogP contribution in [0.1, 0.15) is 52.3 Å². The zero-order valence-electron chi connectivity index (χ0n) is 13.3. The van der Waals surface area contributed by atoms with Crippen LogP contribution in [0.25, 0.3) is 0 Å². The van der Waals surface area contributed by atoms with Crippen molar-refractivity contribution in [3.8, 4) is 0 Å². The van der Waals surface area contributed by atoms with E-state index in [1.165, 1.54) is 18.5 Å². The van der Waals surface area contributed by atoms with Gasteiger partial charge in [0, 0.05) is 43.5 Å². The molecule has 1 aliphatic heterocycles. The standard InChI is InChI=1S/C16H28N4/c1-12(2)20-8-7-15(18-20)10-19-9-13(3)17-11-16(19,4)14-5-6-14/h7-8,12-14,17H,5-6,9-11H2,1-4H3. The molecule has 1 aromatic heterocycles. The lowest BCUT2D eigenvalue weighted by Crippen LogP contribution is -2.63. The molecule has 20 heavy (non-hydrogen) atoms. The van der Waals surface area contributed by atoms with Crippen LogP contribution in [0.3, 0.4) is 0 Å². The zero-order chi connectivity index (χ0) is 14.3. The Kier molecular flexibility index (Phi) is 3.63. The molecular formula is C16H28N4. The summed E-state index contributed by atoms with van der Waals surface area (Å²) >= 11 is 0. The molecule has 2 fully saturated rings. The van der Waals surface area contributed by atoms with E-state index in [9.17, 15) is 0 Å². The Hall–Kier alpha value is -0.870. The van der Waals surface area contributed by atoms with Crippen LogP contribution in [0.2, 0.25) is 0 Å². The summed E-state index contributed by atoms with van der Waals surface area (Å²) in [7, 11) is 0. The molecule has 0 radical (unpaired) electrons. The van der Waals surface area contributed by atoms with Gasteiger partial charge >= 0.3 is 0 Å². The maximum atomic E-state index is 4.73. The van der Waals surface area contributed by atoms with Gasteiger partial charge in [0.2, 0.25) is 0 Å². The van der Waals surface area contributed by atoms with E-state index < -0.39 is 0 Å². The SMILES string of the molecule is CC1CN(Cc2ccn(C(C)C)n2)C(C)(C2CC2)CN1. The number of nitrogens with one attached hydrogen (secondary N) is 1. The van der Waals surface area contributed by atoms with E-state index in [4.69, 9.17) is 5.10 Å². The van der Waals surface area contributed by atoms with Gasteiger partial charge in [0.05, 0.1) is 5.69 Å². The molecule has 2 heterocycles. The molecule has 0 spiro atoms. The highest BCUT2D eigenvalue weighted by atomic mass is 15.3. The van der Waals surface area contributed by atoms with Gasteiger partial charge in [0.25, 0.3) is 0 Å². The number of hydrogen-bond acceptors (Lipinski definition) is 3. The molecule has 1 aromatic rings. The van der Waals surface area contributed by atoms with Crippen LogP contribution in [-0.2, 0) is 6.54 Å². The molecule has 1 N–H and O–H groups in total. The molecule has 3 rings (SSSR count). The van der Waals surface area contributed by atoms with Crippen LogP contribution in [0.15, 0.2) is 12.3 Å². The topological polar surface area (TPSA) is 33.1 Å². The third-order valence-electron chi connectivity index (χ3n) is 5.03. The molecule has 1 saturated carbocycles. The first kappa shape index (κ1) is 14.1. The minimum Gasteiger partial charge on any atom is -0.311 e. The maximum Gasteiger partial charge on any atom is 0.0765 e. The maximum absolute atomic E-state index is 4.73. The Morgan fingerprint density at radius 3 is 2.80 bits per heavy atom. The lowest BCUT2D eigenvalue weighted by Gasteiger charge is -2.48. The molecule has 4 heteroatoms. The van der Waals surface area contributed by atoms with E-state index in [1.54, 1.807) is 0 Å². The Balaban J connectivity index is 1.75. The second kappa shape index (κ2) is 5.15. The summed E-state index contributed by atoms with van der Waals surface area (Å²) in [5, 5.41) is 8.39. The summed E-state index contributed by atoms with van der Waals surface area (Å²) in [5.41, 5.74) is 1.52. The molecule has 1 aliphatic carbocycles. The first-order valence-electron chi connectivity index (χ1n) is 8.01. The quantitative estimate of drug-likeness (QED) is 0.917. The Morgan fingerprint density at radius 2 is 2.20 bits per heavy atom. The average Bonchev–Trinajstić information content (AvgIpc) is 3.15. The molecule has 4 nitrogen and oxygen atoms in total. The van der Waals surface area contributed by atoms with Crippen LogP contribution in [0.5, 0.6) is 0 Å². The molecule has 2 atom stereocenters. The summed E-state index contributed by atoms with van der Waals surface area (Å²) in [6.45, 7) is 12.3. The van der Waals surface area contributed by atoms with E-state index in [2.05, 4.69) is 54.9 Å². The first-order valence-corrected chi connectivity index (χ1v) is 8.01. The summed E-state index contributed by atoms with van der Waals surface area (Å²) < 4.78 is 2.06. The predicted octanol–water partition coefficient (Wildman–Crippen LogP) is 2.43. The number of rotatable bonds is 4. The van der Waals surface area contributed by atoms with Gasteiger partial charge in [-0.1, -0.05) is 0 Å². The van der Waals surface area contributed by atoms with Crippen LogP contribution in [0, 0.1) is 5.92 Å².